The van der Waals surface area contributed by atoms with Gasteiger partial charge >= 0.3 is 6.09 Å². The summed E-state index contributed by atoms with van der Waals surface area (Å²) in [5.41, 5.74) is 9.81. The van der Waals surface area contributed by atoms with E-state index in [-0.39, 0.29) is 5.78 Å². The molecule has 0 bridgehead atoms. The fourth-order valence-electron chi connectivity index (χ4n) is 3.33. The van der Waals surface area contributed by atoms with Crippen LogP contribution in [0.4, 0.5) is 10.5 Å². The molecule has 2 aromatic rings. The average Bonchev–Trinajstić information content (AvgIpc) is 2.95. The van der Waals surface area contributed by atoms with Crippen molar-refractivity contribution < 1.29 is 33.3 Å². The zero-order valence-electron chi connectivity index (χ0n) is 24.1. The molecule has 0 saturated heterocycles. The highest BCUT2D eigenvalue weighted by Gasteiger charge is 2.15. The van der Waals surface area contributed by atoms with E-state index in [1.807, 2.05) is 32.9 Å². The van der Waals surface area contributed by atoms with Gasteiger partial charge < -0.3 is 34.3 Å². The zero-order chi connectivity index (χ0) is 29.8. The number of ketones is 1. The van der Waals surface area contributed by atoms with Crippen molar-refractivity contribution in [2.45, 2.75) is 32.8 Å². The van der Waals surface area contributed by atoms with Gasteiger partial charge in [0.15, 0.2) is 5.78 Å². The first kappa shape index (κ1) is 33.4. The highest BCUT2D eigenvalue weighted by molar-refractivity contribution is 6.09. The summed E-state index contributed by atoms with van der Waals surface area (Å²) < 4.78 is 27.2. The predicted molar refractivity (Wildman–Crippen MR) is 156 cm³/mol. The number of amides is 1. The van der Waals surface area contributed by atoms with E-state index >= 15 is 0 Å². The largest absolute Gasteiger partial charge is 0.494 e. The van der Waals surface area contributed by atoms with E-state index in [0.717, 1.165) is 5.69 Å². The van der Waals surface area contributed by atoms with Crippen LogP contribution >= 0.6 is 0 Å². The summed E-state index contributed by atoms with van der Waals surface area (Å²) in [6, 6.07) is 14.3. The number of rotatable bonds is 20. The number of nitrogens with zero attached hydrogens (tertiary/aromatic N) is 3. The minimum absolute atomic E-state index is 0.0716. The summed E-state index contributed by atoms with van der Waals surface area (Å²) in [4.78, 5) is 27.0. The van der Waals surface area contributed by atoms with Crippen molar-refractivity contribution in [1.29, 1.82) is 0 Å². The molecule has 0 aliphatic carbocycles. The number of carbonyl (C=O) groups is 2. The smallest absolute Gasteiger partial charge is 0.407 e. The second kappa shape index (κ2) is 19.3. The molecule has 0 aromatic heterocycles. The number of nitrogens with one attached hydrogen (secondary N) is 2. The van der Waals surface area contributed by atoms with E-state index in [1.165, 1.54) is 0 Å². The van der Waals surface area contributed by atoms with Gasteiger partial charge in [0.05, 0.1) is 46.2 Å². The normalized spacial score (nSPS) is 10.9. The van der Waals surface area contributed by atoms with Gasteiger partial charge in [0.1, 0.15) is 11.4 Å². The van der Waals surface area contributed by atoms with Gasteiger partial charge in [0, 0.05) is 41.4 Å². The molecule has 0 atom stereocenters. The lowest BCUT2D eigenvalue weighted by Gasteiger charge is -2.19. The van der Waals surface area contributed by atoms with Gasteiger partial charge in [-0.05, 0) is 81.3 Å². The Hall–Kier alpha value is -3.83. The number of alkyl carbamates (subject to hydrolysis) is 1. The molecule has 1 amide bonds. The maximum absolute atomic E-state index is 12.8. The molecule has 2 N–H and O–H groups in total. The van der Waals surface area contributed by atoms with Crippen LogP contribution in [0.25, 0.3) is 10.4 Å². The summed E-state index contributed by atoms with van der Waals surface area (Å²) >= 11 is 0. The van der Waals surface area contributed by atoms with Crippen LogP contribution in [0, 0.1) is 0 Å². The maximum atomic E-state index is 12.8. The van der Waals surface area contributed by atoms with Gasteiger partial charge in [-0.15, -0.1) is 0 Å². The van der Waals surface area contributed by atoms with Crippen LogP contribution < -0.4 is 15.4 Å². The summed E-state index contributed by atoms with van der Waals surface area (Å²) in [6.07, 6.45) is 0.167. The van der Waals surface area contributed by atoms with Crippen LogP contribution in [0.2, 0.25) is 0 Å². The third kappa shape index (κ3) is 15.5. The highest BCUT2D eigenvalue weighted by atomic mass is 16.6. The Morgan fingerprint density at radius 2 is 1.37 bits per heavy atom. The van der Waals surface area contributed by atoms with Crippen LogP contribution in [0.1, 0.15) is 43.1 Å². The second-order valence-corrected chi connectivity index (χ2v) is 9.78. The van der Waals surface area contributed by atoms with Gasteiger partial charge in [-0.3, -0.25) is 4.79 Å². The highest BCUT2D eigenvalue weighted by Crippen LogP contribution is 2.17. The predicted octanol–water partition coefficient (Wildman–Crippen LogP) is 4.98. The first-order valence-corrected chi connectivity index (χ1v) is 13.6. The molecule has 12 heteroatoms. The number of hydrogen-bond donors (Lipinski definition) is 2. The molecule has 0 aliphatic heterocycles. The fraction of sp³-hybridized carbons (Fsp3) is 0.517. The number of azide groups is 1. The average molecular weight is 572 g/mol. The molecule has 0 radical (unpaired) electrons. The molecule has 0 heterocycles. The van der Waals surface area contributed by atoms with E-state index in [0.29, 0.717) is 89.2 Å². The monoisotopic (exact) mass is 571 g/mol. The number of anilines is 1. The molecule has 0 saturated carbocycles. The Balaban J connectivity index is 1.50. The minimum Gasteiger partial charge on any atom is -0.494 e. The minimum atomic E-state index is -0.519. The van der Waals surface area contributed by atoms with E-state index < -0.39 is 11.7 Å². The zero-order valence-corrected chi connectivity index (χ0v) is 24.1. The van der Waals surface area contributed by atoms with Crippen molar-refractivity contribution in [1.82, 2.24) is 5.32 Å². The van der Waals surface area contributed by atoms with E-state index in [1.54, 1.807) is 36.4 Å². The first-order valence-electron chi connectivity index (χ1n) is 13.6. The molecule has 0 unspecified atom stereocenters. The molecule has 0 aliphatic rings. The summed E-state index contributed by atoms with van der Waals surface area (Å²) in [7, 11) is 0. The van der Waals surface area contributed by atoms with Crippen molar-refractivity contribution in [3.05, 3.63) is 70.1 Å². The Labute approximate surface area is 241 Å². The number of benzene rings is 2. The Bertz CT molecular complexity index is 1080. The fourth-order valence-corrected chi connectivity index (χ4v) is 3.33. The first-order chi connectivity index (χ1) is 19.8. The Morgan fingerprint density at radius 3 is 1.95 bits per heavy atom. The lowest BCUT2D eigenvalue weighted by Crippen LogP contribution is -2.34. The number of ether oxygens (including phenoxy) is 5. The lowest BCUT2D eigenvalue weighted by molar-refractivity contribution is 0.0157. The summed E-state index contributed by atoms with van der Waals surface area (Å²) in [5.74, 6) is 0.587. The van der Waals surface area contributed by atoms with Crippen LogP contribution in [-0.4, -0.2) is 83.4 Å². The van der Waals surface area contributed by atoms with Gasteiger partial charge in [0.2, 0.25) is 0 Å². The molecule has 41 heavy (non-hydrogen) atoms. The molecule has 224 valence electrons. The summed E-state index contributed by atoms with van der Waals surface area (Å²) in [5, 5.41) is 9.35. The third-order valence-corrected chi connectivity index (χ3v) is 5.23. The van der Waals surface area contributed by atoms with Crippen LogP contribution in [0.15, 0.2) is 53.6 Å². The van der Waals surface area contributed by atoms with Crippen LogP contribution in [0.5, 0.6) is 5.75 Å². The van der Waals surface area contributed by atoms with Gasteiger partial charge in [-0.1, -0.05) is 5.11 Å². The summed E-state index contributed by atoms with van der Waals surface area (Å²) in [6.45, 7) is 9.93. The van der Waals surface area contributed by atoms with Crippen LogP contribution in [-0.2, 0) is 18.9 Å². The molecule has 2 rings (SSSR count). The number of carbonyl (C=O) groups excluding carboxylic acids is 2. The van der Waals surface area contributed by atoms with Crippen molar-refractivity contribution in [3.63, 3.8) is 0 Å². The van der Waals surface area contributed by atoms with E-state index in [9.17, 15) is 9.59 Å². The van der Waals surface area contributed by atoms with Gasteiger partial charge in [-0.2, -0.15) is 0 Å². The standard InChI is InChI=1S/C29H41N5O7/c1-29(2,3)41-28(36)32-15-18-38-20-22-39-21-19-37-17-14-31-25-9-5-23(6-10-25)27(35)24-7-11-26(12-8-24)40-16-4-13-33-34-30/h5-12,31H,4,13-22H2,1-3H3,(H,32,36). The SMILES string of the molecule is CC(C)(C)OC(=O)NCCOCCOCCOCCNc1ccc(C(=O)c2ccc(OCCCN=[N+]=[N-])cc2)cc1. The molecule has 12 nitrogen and oxygen atoms in total. The van der Waals surface area contributed by atoms with Gasteiger partial charge in [0.25, 0.3) is 0 Å². The molecular weight excluding hydrogens is 530 g/mol. The number of hydrogen-bond acceptors (Lipinski definition) is 9. The Morgan fingerprint density at radius 1 is 0.805 bits per heavy atom. The molecular formula is C29H41N5O7. The van der Waals surface area contributed by atoms with Crippen molar-refractivity contribution in [2.24, 2.45) is 5.11 Å². The quantitative estimate of drug-likeness (QED) is 0.0741. The Kier molecular flexibility index (Phi) is 15.7. The van der Waals surface area contributed by atoms with E-state index in [2.05, 4.69) is 20.7 Å². The third-order valence-electron chi connectivity index (χ3n) is 5.23. The molecule has 2 aromatic carbocycles. The van der Waals surface area contributed by atoms with Crippen molar-refractivity contribution >= 4 is 17.6 Å². The topological polar surface area (TPSA) is 153 Å². The van der Waals surface area contributed by atoms with E-state index in [4.69, 9.17) is 29.2 Å². The van der Waals surface area contributed by atoms with Crippen molar-refractivity contribution in [3.8, 4) is 5.75 Å². The molecule has 0 fully saturated rings. The van der Waals surface area contributed by atoms with Crippen LogP contribution in [0.3, 0.4) is 0 Å². The van der Waals surface area contributed by atoms with Gasteiger partial charge in [-0.25, -0.2) is 4.79 Å². The van der Waals surface area contributed by atoms with Crippen molar-refractivity contribution in [2.75, 3.05) is 71.2 Å². The second-order valence-electron chi connectivity index (χ2n) is 9.78. The molecule has 0 spiro atoms. The maximum Gasteiger partial charge on any atom is 0.407 e. The lowest BCUT2D eigenvalue weighted by atomic mass is 10.0.